The Labute approximate surface area is 122 Å². The minimum atomic E-state index is -3.78. The highest BCUT2D eigenvalue weighted by Crippen LogP contribution is 2.32. The van der Waals surface area contributed by atoms with E-state index in [1.165, 1.54) is 10.4 Å². The second-order valence-corrected chi connectivity index (χ2v) is 6.91. The highest BCUT2D eigenvalue weighted by molar-refractivity contribution is 7.89. The van der Waals surface area contributed by atoms with E-state index in [-0.39, 0.29) is 34.6 Å². The van der Waals surface area contributed by atoms with Crippen molar-refractivity contribution >= 4 is 27.2 Å². The topological polar surface area (TPSA) is 83.6 Å². The average Bonchev–Trinajstić information content (AvgIpc) is 3.19. The highest BCUT2D eigenvalue weighted by Gasteiger charge is 2.37. The quantitative estimate of drug-likeness (QED) is 0.751. The lowest BCUT2D eigenvalue weighted by Crippen LogP contribution is -2.35. The molecule has 0 spiro atoms. The van der Waals surface area contributed by atoms with Crippen LogP contribution in [0.3, 0.4) is 0 Å². The zero-order valence-electron chi connectivity index (χ0n) is 10.6. The fourth-order valence-corrected chi connectivity index (χ4v) is 3.81. The first-order valence-electron chi connectivity index (χ1n) is 6.10. The molecule has 0 heterocycles. The standard InChI is InChI=1S/C12H15FN2O3S2/c13-11-4-3-9(7-10(11)12(14)19)20(17,18)15(5-6-16)8-1-2-8/h3-4,7-8,16H,1-2,5-6H2,(H2,14,19). The molecule has 8 heteroatoms. The Morgan fingerprint density at radius 1 is 1.50 bits per heavy atom. The van der Waals surface area contributed by atoms with E-state index < -0.39 is 15.8 Å². The zero-order valence-corrected chi connectivity index (χ0v) is 12.3. The molecule has 20 heavy (non-hydrogen) atoms. The summed E-state index contributed by atoms with van der Waals surface area (Å²) in [5.74, 6) is -0.656. The van der Waals surface area contributed by atoms with Crippen LogP contribution in [0.15, 0.2) is 23.1 Å². The van der Waals surface area contributed by atoms with Crippen LogP contribution in [0.25, 0.3) is 0 Å². The van der Waals surface area contributed by atoms with Gasteiger partial charge in [-0.15, -0.1) is 0 Å². The van der Waals surface area contributed by atoms with Gasteiger partial charge in [0.05, 0.1) is 11.5 Å². The summed E-state index contributed by atoms with van der Waals surface area (Å²) in [5.41, 5.74) is 5.28. The molecule has 3 N–H and O–H groups in total. The number of rotatable bonds is 6. The summed E-state index contributed by atoms with van der Waals surface area (Å²) in [4.78, 5) is -0.262. The molecule has 1 aromatic carbocycles. The summed E-state index contributed by atoms with van der Waals surface area (Å²) >= 11 is 4.70. The fraction of sp³-hybridized carbons (Fsp3) is 0.417. The number of sulfonamides is 1. The van der Waals surface area contributed by atoms with Crippen LogP contribution in [0.1, 0.15) is 18.4 Å². The van der Waals surface area contributed by atoms with Gasteiger partial charge in [-0.25, -0.2) is 12.8 Å². The molecule has 110 valence electrons. The third kappa shape index (κ3) is 2.98. The van der Waals surface area contributed by atoms with Crippen LogP contribution in [0.4, 0.5) is 4.39 Å². The largest absolute Gasteiger partial charge is 0.395 e. The van der Waals surface area contributed by atoms with Gasteiger partial charge in [0.1, 0.15) is 10.8 Å². The van der Waals surface area contributed by atoms with E-state index in [1.54, 1.807) is 0 Å². The van der Waals surface area contributed by atoms with Gasteiger partial charge in [-0.2, -0.15) is 4.31 Å². The van der Waals surface area contributed by atoms with Crippen molar-refractivity contribution in [3.63, 3.8) is 0 Å². The first-order valence-corrected chi connectivity index (χ1v) is 7.95. The van der Waals surface area contributed by atoms with Crippen molar-refractivity contribution in [1.29, 1.82) is 0 Å². The molecule has 0 unspecified atom stereocenters. The number of benzene rings is 1. The summed E-state index contributed by atoms with van der Waals surface area (Å²) < 4.78 is 39.7. The summed E-state index contributed by atoms with van der Waals surface area (Å²) in [6.07, 6.45) is 1.53. The number of halogens is 1. The third-order valence-corrected chi connectivity index (χ3v) is 5.25. The average molecular weight is 318 g/mol. The molecule has 1 aliphatic rings. The molecule has 0 amide bonds. The summed E-state index contributed by atoms with van der Waals surface area (Å²) in [5, 5.41) is 9.00. The second-order valence-electron chi connectivity index (χ2n) is 4.58. The second kappa shape index (κ2) is 5.72. The number of hydrogen-bond donors (Lipinski definition) is 2. The number of thiocarbonyl (C=S) groups is 1. The number of aliphatic hydroxyl groups is 1. The predicted molar refractivity (Wildman–Crippen MR) is 76.3 cm³/mol. The van der Waals surface area contributed by atoms with Gasteiger partial charge in [0.15, 0.2) is 0 Å². The Bertz CT molecular complexity index is 630. The van der Waals surface area contributed by atoms with Gasteiger partial charge in [0.25, 0.3) is 0 Å². The van der Waals surface area contributed by atoms with Crippen LogP contribution < -0.4 is 5.73 Å². The van der Waals surface area contributed by atoms with Crippen LogP contribution in [-0.2, 0) is 10.0 Å². The van der Waals surface area contributed by atoms with Crippen LogP contribution in [0.5, 0.6) is 0 Å². The van der Waals surface area contributed by atoms with Crippen molar-refractivity contribution in [3.05, 3.63) is 29.6 Å². The molecule has 1 fully saturated rings. The Balaban J connectivity index is 2.42. The van der Waals surface area contributed by atoms with E-state index >= 15 is 0 Å². The first-order chi connectivity index (χ1) is 9.37. The summed E-state index contributed by atoms with van der Waals surface area (Å²) in [7, 11) is -3.78. The smallest absolute Gasteiger partial charge is 0.243 e. The molecular formula is C12H15FN2O3S2. The minimum Gasteiger partial charge on any atom is -0.395 e. The van der Waals surface area contributed by atoms with Crippen molar-refractivity contribution in [1.82, 2.24) is 4.31 Å². The predicted octanol–water partition coefficient (Wildman–Crippen LogP) is 0.605. The van der Waals surface area contributed by atoms with E-state index in [4.69, 9.17) is 23.1 Å². The molecule has 1 saturated carbocycles. The van der Waals surface area contributed by atoms with Crippen molar-refractivity contribution in [2.75, 3.05) is 13.2 Å². The molecule has 0 aromatic heterocycles. The van der Waals surface area contributed by atoms with Gasteiger partial charge >= 0.3 is 0 Å². The van der Waals surface area contributed by atoms with E-state index in [2.05, 4.69) is 0 Å². The summed E-state index contributed by atoms with van der Waals surface area (Å²) in [6.45, 7) is -0.244. The molecule has 1 aliphatic carbocycles. The van der Waals surface area contributed by atoms with Crippen LogP contribution in [0, 0.1) is 5.82 Å². The molecule has 2 rings (SSSR count). The third-order valence-electron chi connectivity index (χ3n) is 3.08. The minimum absolute atomic E-state index is 0.0206. The van der Waals surface area contributed by atoms with E-state index in [0.717, 1.165) is 25.0 Å². The Morgan fingerprint density at radius 3 is 2.65 bits per heavy atom. The molecule has 5 nitrogen and oxygen atoms in total. The van der Waals surface area contributed by atoms with Gasteiger partial charge in [-0.3, -0.25) is 0 Å². The Morgan fingerprint density at radius 2 is 2.15 bits per heavy atom. The molecular weight excluding hydrogens is 303 g/mol. The van der Waals surface area contributed by atoms with Crippen molar-refractivity contribution in [3.8, 4) is 0 Å². The van der Waals surface area contributed by atoms with Gasteiger partial charge in [-0.1, -0.05) is 12.2 Å². The number of aliphatic hydroxyl groups excluding tert-OH is 1. The molecule has 1 aromatic rings. The molecule has 0 radical (unpaired) electrons. The van der Waals surface area contributed by atoms with Crippen LogP contribution in [-0.4, -0.2) is 42.0 Å². The maximum Gasteiger partial charge on any atom is 0.243 e. The zero-order chi connectivity index (χ0) is 14.9. The normalized spacial score (nSPS) is 15.6. The maximum atomic E-state index is 13.5. The number of nitrogens with zero attached hydrogens (tertiary/aromatic N) is 1. The van der Waals surface area contributed by atoms with Crippen LogP contribution >= 0.6 is 12.2 Å². The van der Waals surface area contributed by atoms with Gasteiger partial charge < -0.3 is 10.8 Å². The first kappa shape index (κ1) is 15.3. The highest BCUT2D eigenvalue weighted by atomic mass is 32.2. The summed E-state index contributed by atoms with van der Waals surface area (Å²) in [6, 6.07) is 3.26. The van der Waals surface area contributed by atoms with Gasteiger partial charge in [-0.05, 0) is 31.0 Å². The molecule has 0 aliphatic heterocycles. The van der Waals surface area contributed by atoms with Gasteiger partial charge in [0.2, 0.25) is 10.0 Å². The molecule has 0 bridgehead atoms. The lowest BCUT2D eigenvalue weighted by atomic mass is 10.2. The lowest BCUT2D eigenvalue weighted by Gasteiger charge is -2.21. The lowest BCUT2D eigenvalue weighted by molar-refractivity contribution is 0.250. The van der Waals surface area contributed by atoms with Crippen molar-refractivity contribution < 1.29 is 17.9 Å². The van der Waals surface area contributed by atoms with E-state index in [1.807, 2.05) is 0 Å². The monoisotopic (exact) mass is 318 g/mol. The molecule has 0 saturated heterocycles. The van der Waals surface area contributed by atoms with E-state index in [0.29, 0.717) is 0 Å². The fourth-order valence-electron chi connectivity index (χ4n) is 1.95. The van der Waals surface area contributed by atoms with Crippen molar-refractivity contribution in [2.45, 2.75) is 23.8 Å². The Kier molecular flexibility index (Phi) is 4.38. The van der Waals surface area contributed by atoms with Crippen LogP contribution in [0.2, 0.25) is 0 Å². The SMILES string of the molecule is NC(=S)c1cc(S(=O)(=O)N(CCO)C2CC2)ccc1F. The van der Waals surface area contributed by atoms with Crippen molar-refractivity contribution in [2.24, 2.45) is 5.73 Å². The van der Waals surface area contributed by atoms with Gasteiger partial charge in [0, 0.05) is 18.2 Å². The molecule has 0 atom stereocenters. The number of hydrogen-bond acceptors (Lipinski definition) is 4. The number of nitrogens with two attached hydrogens (primary N) is 1. The maximum absolute atomic E-state index is 13.5. The Hall–Kier alpha value is -1.09. The van der Waals surface area contributed by atoms with E-state index in [9.17, 15) is 12.8 Å².